The summed E-state index contributed by atoms with van der Waals surface area (Å²) in [5.41, 5.74) is 0.524. The first-order valence-corrected chi connectivity index (χ1v) is 9.53. The highest BCUT2D eigenvalue weighted by molar-refractivity contribution is 5.92. The molecule has 1 aromatic carbocycles. The first-order chi connectivity index (χ1) is 13.2. The van der Waals surface area contributed by atoms with E-state index in [0.717, 1.165) is 23.9 Å². The van der Waals surface area contributed by atoms with E-state index in [9.17, 15) is 19.5 Å². The number of carboxylic acid groups (broad SMARTS) is 1. The Hall–Kier alpha value is -2.83. The molecular formula is C21H26N2O5. The van der Waals surface area contributed by atoms with Crippen LogP contribution in [0.1, 0.15) is 62.0 Å². The summed E-state index contributed by atoms with van der Waals surface area (Å²) >= 11 is 0. The number of aromatic carboxylic acids is 1. The first-order valence-electron chi connectivity index (χ1n) is 9.53. The summed E-state index contributed by atoms with van der Waals surface area (Å²) in [5.74, 6) is -1.20. The van der Waals surface area contributed by atoms with Gasteiger partial charge in [-0.2, -0.15) is 0 Å². The lowest BCUT2D eigenvalue weighted by Gasteiger charge is -2.19. The molecule has 7 heteroatoms. The highest BCUT2D eigenvalue weighted by atomic mass is 16.6. The fourth-order valence-corrected chi connectivity index (χ4v) is 3.16. The molecule has 2 aromatic rings. The second-order valence-electron chi connectivity index (χ2n) is 8.20. The maximum absolute atomic E-state index is 12.6. The average Bonchev–Trinajstić information content (AvgIpc) is 3.42. The van der Waals surface area contributed by atoms with Crippen LogP contribution in [0.2, 0.25) is 0 Å². The Bertz CT molecular complexity index is 967. The molecule has 3 rings (SSSR count). The third-order valence-electron chi connectivity index (χ3n) is 4.58. The van der Waals surface area contributed by atoms with Gasteiger partial charge in [-0.25, -0.2) is 9.59 Å². The van der Waals surface area contributed by atoms with Gasteiger partial charge in [0.15, 0.2) is 0 Å². The normalized spacial score (nSPS) is 14.1. The number of hydrogen-bond acceptors (Lipinski definition) is 4. The molecule has 150 valence electrons. The van der Waals surface area contributed by atoms with Crippen LogP contribution in [0, 0.1) is 0 Å². The summed E-state index contributed by atoms with van der Waals surface area (Å²) in [7, 11) is 0. The Balaban J connectivity index is 1.73. The Morgan fingerprint density at radius 1 is 1.29 bits per heavy atom. The van der Waals surface area contributed by atoms with Crippen molar-refractivity contribution >= 4 is 23.0 Å². The molecule has 0 radical (unpaired) electrons. The molecule has 1 saturated carbocycles. The lowest BCUT2D eigenvalue weighted by Crippen LogP contribution is -2.33. The number of carboxylic acids is 1. The Labute approximate surface area is 163 Å². The standard InChI is InChI=1S/C21H26N2O5/c1-21(2,3)28-20(27)22-10-4-5-13-6-9-17-15(11-13)18(24)16(19(25)26)12-23(17)14-7-8-14/h6,9,11-12,14H,4-5,7-8,10H2,1-3H3,(H,22,27)(H,25,26). The molecule has 1 amide bonds. The molecule has 2 N–H and O–H groups in total. The van der Waals surface area contributed by atoms with Crippen LogP contribution in [0.5, 0.6) is 0 Å². The number of hydrogen-bond donors (Lipinski definition) is 2. The minimum absolute atomic E-state index is 0.192. The van der Waals surface area contributed by atoms with Crippen LogP contribution >= 0.6 is 0 Å². The number of aryl methyl sites for hydroxylation is 1. The van der Waals surface area contributed by atoms with E-state index in [-0.39, 0.29) is 11.6 Å². The zero-order chi connectivity index (χ0) is 20.5. The van der Waals surface area contributed by atoms with Crippen LogP contribution in [0.3, 0.4) is 0 Å². The zero-order valence-corrected chi connectivity index (χ0v) is 16.4. The Morgan fingerprint density at radius 3 is 2.61 bits per heavy atom. The minimum atomic E-state index is -1.20. The Morgan fingerprint density at radius 2 is 2.00 bits per heavy atom. The molecule has 1 fully saturated rings. The average molecular weight is 386 g/mol. The lowest BCUT2D eigenvalue weighted by molar-refractivity contribution is 0.0526. The van der Waals surface area contributed by atoms with E-state index in [1.807, 2.05) is 37.5 Å². The maximum atomic E-state index is 12.6. The molecule has 0 bridgehead atoms. The molecule has 1 heterocycles. The number of ether oxygens (including phenoxy) is 1. The molecule has 0 aliphatic heterocycles. The number of nitrogens with zero attached hydrogens (tertiary/aromatic N) is 1. The van der Waals surface area contributed by atoms with Crippen LogP contribution in [0.25, 0.3) is 10.9 Å². The van der Waals surface area contributed by atoms with E-state index in [1.165, 1.54) is 6.20 Å². The fraction of sp³-hybridized carbons (Fsp3) is 0.476. The zero-order valence-electron chi connectivity index (χ0n) is 16.4. The number of carbonyl (C=O) groups is 2. The summed E-state index contributed by atoms with van der Waals surface area (Å²) in [6.07, 6.45) is 4.34. The van der Waals surface area contributed by atoms with Crippen LogP contribution < -0.4 is 10.7 Å². The molecule has 28 heavy (non-hydrogen) atoms. The van der Waals surface area contributed by atoms with Crippen LogP contribution in [-0.4, -0.2) is 33.9 Å². The molecule has 1 aromatic heterocycles. The van der Waals surface area contributed by atoms with Gasteiger partial charge in [-0.3, -0.25) is 4.79 Å². The van der Waals surface area contributed by atoms with Crippen molar-refractivity contribution in [2.75, 3.05) is 6.54 Å². The topological polar surface area (TPSA) is 97.6 Å². The second kappa shape index (κ2) is 7.66. The predicted octanol–water partition coefficient (Wildman–Crippen LogP) is 3.49. The van der Waals surface area contributed by atoms with Crippen molar-refractivity contribution in [2.45, 2.75) is 58.1 Å². The molecular weight excluding hydrogens is 360 g/mol. The van der Waals surface area contributed by atoms with Gasteiger partial charge in [-0.1, -0.05) is 6.07 Å². The smallest absolute Gasteiger partial charge is 0.407 e. The van der Waals surface area contributed by atoms with Crippen molar-refractivity contribution in [3.05, 3.63) is 45.7 Å². The summed E-state index contributed by atoms with van der Waals surface area (Å²) < 4.78 is 7.10. The van der Waals surface area contributed by atoms with Gasteiger partial charge in [0.2, 0.25) is 5.43 Å². The summed E-state index contributed by atoms with van der Waals surface area (Å²) in [6.45, 7) is 5.87. The van der Waals surface area contributed by atoms with E-state index in [2.05, 4.69) is 5.32 Å². The number of carbonyl (C=O) groups excluding carboxylic acids is 1. The quantitative estimate of drug-likeness (QED) is 0.741. The van der Waals surface area contributed by atoms with Crippen molar-refractivity contribution in [1.29, 1.82) is 0 Å². The number of nitrogens with one attached hydrogen (secondary N) is 1. The first kappa shape index (κ1) is 19.9. The van der Waals surface area contributed by atoms with Crippen LogP contribution in [-0.2, 0) is 11.2 Å². The van der Waals surface area contributed by atoms with Gasteiger partial charge in [0.1, 0.15) is 11.2 Å². The van der Waals surface area contributed by atoms with Crippen molar-refractivity contribution < 1.29 is 19.4 Å². The van der Waals surface area contributed by atoms with Crippen LogP contribution in [0.4, 0.5) is 4.79 Å². The van der Waals surface area contributed by atoms with E-state index in [4.69, 9.17) is 4.74 Å². The number of rotatable bonds is 6. The van der Waals surface area contributed by atoms with Gasteiger partial charge >= 0.3 is 12.1 Å². The van der Waals surface area contributed by atoms with Gasteiger partial charge in [-0.15, -0.1) is 0 Å². The van der Waals surface area contributed by atoms with Gasteiger partial charge in [0, 0.05) is 24.2 Å². The highest BCUT2D eigenvalue weighted by Gasteiger charge is 2.26. The summed E-state index contributed by atoms with van der Waals surface area (Å²) in [6, 6.07) is 5.88. The number of fused-ring (bicyclic) bond motifs is 1. The Kier molecular flexibility index (Phi) is 5.45. The maximum Gasteiger partial charge on any atom is 0.407 e. The molecule has 0 unspecified atom stereocenters. The van der Waals surface area contributed by atoms with Crippen molar-refractivity contribution in [3.63, 3.8) is 0 Å². The monoisotopic (exact) mass is 386 g/mol. The van der Waals surface area contributed by atoms with Gasteiger partial charge in [0.05, 0.1) is 5.52 Å². The van der Waals surface area contributed by atoms with Gasteiger partial charge < -0.3 is 19.7 Å². The minimum Gasteiger partial charge on any atom is -0.477 e. The van der Waals surface area contributed by atoms with E-state index in [1.54, 1.807) is 6.07 Å². The number of amides is 1. The van der Waals surface area contributed by atoms with E-state index in [0.29, 0.717) is 24.8 Å². The molecule has 1 aliphatic carbocycles. The molecule has 0 spiro atoms. The third-order valence-corrected chi connectivity index (χ3v) is 4.58. The van der Waals surface area contributed by atoms with Gasteiger partial charge in [0.25, 0.3) is 0 Å². The lowest BCUT2D eigenvalue weighted by atomic mass is 10.0. The van der Waals surface area contributed by atoms with Crippen molar-refractivity contribution in [1.82, 2.24) is 9.88 Å². The number of alkyl carbamates (subject to hydrolysis) is 1. The number of aromatic nitrogens is 1. The predicted molar refractivity (Wildman–Crippen MR) is 106 cm³/mol. The van der Waals surface area contributed by atoms with Crippen LogP contribution in [0.15, 0.2) is 29.2 Å². The molecule has 0 saturated heterocycles. The molecule has 1 aliphatic rings. The van der Waals surface area contributed by atoms with Gasteiger partial charge in [-0.05, 0) is 64.2 Å². The summed E-state index contributed by atoms with van der Waals surface area (Å²) in [5, 5.41) is 12.5. The SMILES string of the molecule is CC(C)(C)OC(=O)NCCCc1ccc2c(c1)c(=O)c(C(=O)O)cn2C1CC1. The number of benzene rings is 1. The fourth-order valence-electron chi connectivity index (χ4n) is 3.16. The third kappa shape index (κ3) is 4.71. The summed E-state index contributed by atoms with van der Waals surface area (Å²) in [4.78, 5) is 35.7. The highest BCUT2D eigenvalue weighted by Crippen LogP contribution is 2.37. The van der Waals surface area contributed by atoms with E-state index < -0.39 is 23.1 Å². The molecule has 0 atom stereocenters. The second-order valence-corrected chi connectivity index (χ2v) is 8.20. The van der Waals surface area contributed by atoms with Crippen molar-refractivity contribution in [2.24, 2.45) is 0 Å². The molecule has 7 nitrogen and oxygen atoms in total. The number of pyridine rings is 1. The largest absolute Gasteiger partial charge is 0.477 e. The van der Waals surface area contributed by atoms with Crippen molar-refractivity contribution in [3.8, 4) is 0 Å². The van der Waals surface area contributed by atoms with E-state index >= 15 is 0 Å².